The first-order valence-corrected chi connectivity index (χ1v) is 6.51. The maximum atomic E-state index is 12.0. The van der Waals surface area contributed by atoms with Gasteiger partial charge in [0.15, 0.2) is 0 Å². The van der Waals surface area contributed by atoms with E-state index in [9.17, 15) is 9.59 Å². The van der Waals surface area contributed by atoms with E-state index in [4.69, 9.17) is 0 Å². The number of hydrogen-bond acceptors (Lipinski definition) is 5. The molecule has 1 rings (SSSR count). The van der Waals surface area contributed by atoms with Gasteiger partial charge in [-0.15, -0.1) is 11.8 Å². The lowest BCUT2D eigenvalue weighted by molar-refractivity contribution is -0.147. The van der Waals surface area contributed by atoms with Gasteiger partial charge in [0.05, 0.1) is 13.2 Å². The molecule has 1 saturated heterocycles. The van der Waals surface area contributed by atoms with Crippen molar-refractivity contribution in [2.24, 2.45) is 0 Å². The first kappa shape index (κ1) is 13.3. The van der Waals surface area contributed by atoms with Crippen LogP contribution in [0, 0.1) is 0 Å². The summed E-state index contributed by atoms with van der Waals surface area (Å²) in [6.07, 6.45) is 0.836. The molecule has 1 fully saturated rings. The molecule has 0 aromatic carbocycles. The maximum Gasteiger partial charge on any atom is 0.325 e. The van der Waals surface area contributed by atoms with Gasteiger partial charge < -0.3 is 9.64 Å². The zero-order valence-corrected chi connectivity index (χ0v) is 10.5. The van der Waals surface area contributed by atoms with Crippen LogP contribution in [-0.2, 0) is 14.3 Å². The van der Waals surface area contributed by atoms with Crippen molar-refractivity contribution in [3.8, 4) is 0 Å². The molecule has 16 heavy (non-hydrogen) atoms. The van der Waals surface area contributed by atoms with Crippen molar-refractivity contribution in [1.29, 1.82) is 0 Å². The van der Waals surface area contributed by atoms with Crippen LogP contribution in [0.4, 0.5) is 0 Å². The molecule has 0 aliphatic carbocycles. The molecule has 0 radical (unpaired) electrons. The molecule has 6 heteroatoms. The van der Waals surface area contributed by atoms with Gasteiger partial charge >= 0.3 is 5.97 Å². The van der Waals surface area contributed by atoms with Crippen molar-refractivity contribution in [3.63, 3.8) is 0 Å². The fraction of sp³-hybridized carbons (Fsp3) is 0.800. The van der Waals surface area contributed by atoms with Crippen LogP contribution < -0.4 is 5.32 Å². The van der Waals surface area contributed by atoms with Crippen molar-refractivity contribution >= 4 is 23.6 Å². The summed E-state index contributed by atoms with van der Waals surface area (Å²) >= 11 is 1.70. The molecule has 0 saturated carbocycles. The highest BCUT2D eigenvalue weighted by molar-refractivity contribution is 7.99. The minimum absolute atomic E-state index is 0.00255. The molecule has 5 nitrogen and oxygen atoms in total. The fourth-order valence-corrected chi connectivity index (χ4v) is 2.46. The minimum atomic E-state index is -0.368. The largest absolute Gasteiger partial charge is 0.468 e. The fourth-order valence-electron chi connectivity index (χ4n) is 1.53. The minimum Gasteiger partial charge on any atom is -0.468 e. The smallest absolute Gasteiger partial charge is 0.325 e. The van der Waals surface area contributed by atoms with E-state index < -0.39 is 0 Å². The van der Waals surface area contributed by atoms with Crippen molar-refractivity contribution < 1.29 is 14.3 Å². The number of hydrogen-bond donors (Lipinski definition) is 1. The SMILES string of the molecule is CCCN(CC(=O)OC)C(=O)C1CSCN1. The van der Waals surface area contributed by atoms with E-state index in [1.165, 1.54) is 7.11 Å². The Balaban J connectivity index is 2.53. The van der Waals surface area contributed by atoms with Crippen LogP contribution in [0.2, 0.25) is 0 Å². The van der Waals surface area contributed by atoms with Gasteiger partial charge in [0.2, 0.25) is 5.91 Å². The van der Waals surface area contributed by atoms with Gasteiger partial charge in [-0.1, -0.05) is 6.92 Å². The van der Waals surface area contributed by atoms with Crippen molar-refractivity contribution in [1.82, 2.24) is 10.2 Å². The summed E-state index contributed by atoms with van der Waals surface area (Å²) in [5.41, 5.74) is 0. The summed E-state index contributed by atoms with van der Waals surface area (Å²) < 4.78 is 4.58. The molecule has 0 aromatic rings. The van der Waals surface area contributed by atoms with E-state index >= 15 is 0 Å². The molecule has 1 heterocycles. The van der Waals surface area contributed by atoms with E-state index in [1.807, 2.05) is 6.92 Å². The molecule has 92 valence electrons. The van der Waals surface area contributed by atoms with E-state index in [1.54, 1.807) is 16.7 Å². The lowest BCUT2D eigenvalue weighted by Gasteiger charge is -2.23. The molecule has 1 atom stereocenters. The first-order valence-electron chi connectivity index (χ1n) is 5.35. The number of nitrogens with zero attached hydrogens (tertiary/aromatic N) is 1. The van der Waals surface area contributed by atoms with Crippen LogP contribution in [0.1, 0.15) is 13.3 Å². The van der Waals surface area contributed by atoms with Crippen LogP contribution in [-0.4, -0.2) is 54.6 Å². The highest BCUT2D eigenvalue weighted by Gasteiger charge is 2.28. The lowest BCUT2D eigenvalue weighted by atomic mass is 10.2. The summed E-state index contributed by atoms with van der Waals surface area (Å²) in [5.74, 6) is 1.21. The van der Waals surface area contributed by atoms with Crippen LogP contribution in [0.25, 0.3) is 0 Å². The van der Waals surface area contributed by atoms with E-state index in [-0.39, 0.29) is 24.5 Å². The standard InChI is InChI=1S/C10H18N2O3S/c1-3-4-12(5-9(13)15-2)10(14)8-6-16-7-11-8/h8,11H,3-7H2,1-2H3. The second kappa shape index (κ2) is 6.75. The number of rotatable bonds is 5. The molecule has 1 amide bonds. The third-order valence-corrected chi connectivity index (χ3v) is 3.31. The normalized spacial score (nSPS) is 19.5. The Morgan fingerprint density at radius 1 is 1.56 bits per heavy atom. The third-order valence-electron chi connectivity index (χ3n) is 2.37. The number of thioether (sulfide) groups is 1. The third kappa shape index (κ3) is 3.68. The first-order chi connectivity index (χ1) is 7.69. The number of methoxy groups -OCH3 is 1. The van der Waals surface area contributed by atoms with Gasteiger partial charge in [-0.05, 0) is 6.42 Å². The Morgan fingerprint density at radius 2 is 2.31 bits per heavy atom. The number of carbonyl (C=O) groups excluding carboxylic acids is 2. The van der Waals surface area contributed by atoms with Crippen LogP contribution >= 0.6 is 11.8 Å². The lowest BCUT2D eigenvalue weighted by Crippen LogP contribution is -2.47. The molecular weight excluding hydrogens is 228 g/mol. The van der Waals surface area contributed by atoms with Crippen molar-refractivity contribution in [3.05, 3.63) is 0 Å². The molecule has 1 aliphatic rings. The van der Waals surface area contributed by atoms with Gasteiger partial charge in [0.1, 0.15) is 6.54 Å². The van der Waals surface area contributed by atoms with Crippen LogP contribution in [0.3, 0.4) is 0 Å². The van der Waals surface area contributed by atoms with Gasteiger partial charge in [0, 0.05) is 18.2 Å². The second-order valence-corrected chi connectivity index (χ2v) is 4.64. The Labute approximate surface area is 99.9 Å². The molecule has 1 unspecified atom stereocenters. The predicted octanol–water partition coefficient (Wildman–Crippen LogP) is 0.0605. The predicted molar refractivity (Wildman–Crippen MR) is 63.1 cm³/mol. The number of amides is 1. The molecule has 0 aromatic heterocycles. The van der Waals surface area contributed by atoms with E-state index in [2.05, 4.69) is 10.1 Å². The van der Waals surface area contributed by atoms with E-state index in [0.717, 1.165) is 18.1 Å². The summed E-state index contributed by atoms with van der Waals surface area (Å²) in [7, 11) is 1.33. The van der Waals surface area contributed by atoms with Gasteiger partial charge in [0.25, 0.3) is 0 Å². The summed E-state index contributed by atoms with van der Waals surface area (Å²) in [6.45, 7) is 2.62. The highest BCUT2D eigenvalue weighted by Crippen LogP contribution is 2.12. The quantitative estimate of drug-likeness (QED) is 0.695. The molecular formula is C10H18N2O3S. The molecule has 0 bridgehead atoms. The monoisotopic (exact) mass is 246 g/mol. The van der Waals surface area contributed by atoms with Gasteiger partial charge in [-0.2, -0.15) is 0 Å². The maximum absolute atomic E-state index is 12.0. The van der Waals surface area contributed by atoms with Crippen LogP contribution in [0.15, 0.2) is 0 Å². The number of esters is 1. The summed E-state index contributed by atoms with van der Waals surface area (Å²) in [6, 6.07) is -0.152. The van der Waals surface area contributed by atoms with Crippen molar-refractivity contribution in [2.45, 2.75) is 19.4 Å². The van der Waals surface area contributed by atoms with Gasteiger partial charge in [-0.3, -0.25) is 14.9 Å². The Morgan fingerprint density at radius 3 is 2.81 bits per heavy atom. The topological polar surface area (TPSA) is 58.6 Å². The zero-order valence-electron chi connectivity index (χ0n) is 9.69. The van der Waals surface area contributed by atoms with Crippen molar-refractivity contribution in [2.75, 3.05) is 31.8 Å². The Kier molecular flexibility index (Phi) is 5.62. The zero-order chi connectivity index (χ0) is 12.0. The molecule has 1 N–H and O–H groups in total. The van der Waals surface area contributed by atoms with Gasteiger partial charge in [-0.25, -0.2) is 0 Å². The number of ether oxygens (including phenoxy) is 1. The number of nitrogens with one attached hydrogen (secondary N) is 1. The number of carbonyl (C=O) groups is 2. The summed E-state index contributed by atoms with van der Waals surface area (Å²) in [5, 5.41) is 3.11. The highest BCUT2D eigenvalue weighted by atomic mass is 32.2. The molecule has 0 spiro atoms. The van der Waals surface area contributed by atoms with Crippen LogP contribution in [0.5, 0.6) is 0 Å². The second-order valence-electron chi connectivity index (χ2n) is 3.61. The Hall–Kier alpha value is -0.750. The average molecular weight is 246 g/mol. The summed E-state index contributed by atoms with van der Waals surface area (Å²) in [4.78, 5) is 24.8. The molecule has 1 aliphatic heterocycles. The Bertz CT molecular complexity index is 254. The average Bonchev–Trinajstić information content (AvgIpc) is 2.80. The van der Waals surface area contributed by atoms with E-state index in [0.29, 0.717) is 6.54 Å².